The number of carbonyl (C=O) groups is 3. The summed E-state index contributed by atoms with van der Waals surface area (Å²) in [5, 5.41) is 9.10. The SMILES string of the molecule is O=C1CC(=O)N(c2cc(C(=O)O)ccc2Cl)C1. The van der Waals surface area contributed by atoms with Crippen LogP contribution in [0.2, 0.25) is 5.02 Å². The van der Waals surface area contributed by atoms with Gasteiger partial charge in [-0.15, -0.1) is 0 Å². The van der Waals surface area contributed by atoms with Crippen molar-refractivity contribution in [3.63, 3.8) is 0 Å². The van der Waals surface area contributed by atoms with Crippen molar-refractivity contribution in [3.05, 3.63) is 28.8 Å². The second kappa shape index (κ2) is 4.18. The fourth-order valence-electron chi connectivity index (χ4n) is 1.66. The van der Waals surface area contributed by atoms with Crippen molar-refractivity contribution in [2.75, 3.05) is 11.4 Å². The Kier molecular flexibility index (Phi) is 2.85. The lowest BCUT2D eigenvalue weighted by Gasteiger charge is -2.16. The van der Waals surface area contributed by atoms with Crippen LogP contribution in [0, 0.1) is 0 Å². The van der Waals surface area contributed by atoms with Gasteiger partial charge in [0.25, 0.3) is 0 Å². The second-order valence-corrected chi connectivity index (χ2v) is 4.07. The predicted octanol–water partition coefficient (Wildman–Crippen LogP) is 1.34. The molecule has 0 atom stereocenters. The summed E-state index contributed by atoms with van der Waals surface area (Å²) in [4.78, 5) is 34.7. The number of hydrogen-bond donors (Lipinski definition) is 1. The highest BCUT2D eigenvalue weighted by atomic mass is 35.5. The van der Waals surface area contributed by atoms with Crippen molar-refractivity contribution in [3.8, 4) is 0 Å². The summed E-state index contributed by atoms with van der Waals surface area (Å²) in [5.74, 6) is -1.67. The summed E-state index contributed by atoms with van der Waals surface area (Å²) in [7, 11) is 0. The Balaban J connectivity index is 2.44. The number of benzene rings is 1. The molecule has 1 aliphatic rings. The van der Waals surface area contributed by atoms with E-state index in [0.29, 0.717) is 0 Å². The molecule has 0 bridgehead atoms. The first kappa shape index (κ1) is 11.6. The number of halogens is 1. The van der Waals surface area contributed by atoms with Gasteiger partial charge >= 0.3 is 5.97 Å². The van der Waals surface area contributed by atoms with Gasteiger partial charge in [0.15, 0.2) is 5.78 Å². The van der Waals surface area contributed by atoms with E-state index in [4.69, 9.17) is 16.7 Å². The first-order chi connectivity index (χ1) is 7.99. The molecule has 1 aliphatic heterocycles. The molecule has 1 aromatic carbocycles. The third kappa shape index (κ3) is 2.14. The van der Waals surface area contributed by atoms with Gasteiger partial charge < -0.3 is 10.0 Å². The molecular weight excluding hydrogens is 246 g/mol. The van der Waals surface area contributed by atoms with E-state index in [9.17, 15) is 14.4 Å². The van der Waals surface area contributed by atoms with E-state index in [0.717, 1.165) is 0 Å². The third-order valence-electron chi connectivity index (χ3n) is 2.47. The van der Waals surface area contributed by atoms with Crippen LogP contribution in [0.15, 0.2) is 18.2 Å². The van der Waals surface area contributed by atoms with Crippen LogP contribution in [0.5, 0.6) is 0 Å². The van der Waals surface area contributed by atoms with Crippen LogP contribution in [0.25, 0.3) is 0 Å². The van der Waals surface area contributed by atoms with Crippen LogP contribution in [0.3, 0.4) is 0 Å². The maximum atomic E-state index is 11.5. The molecule has 1 N–H and O–H groups in total. The molecule has 1 aromatic rings. The summed E-state index contributed by atoms with van der Waals surface area (Å²) in [6.45, 7) is -0.0539. The molecule has 17 heavy (non-hydrogen) atoms. The first-order valence-corrected chi connectivity index (χ1v) is 5.22. The van der Waals surface area contributed by atoms with Crippen LogP contribution < -0.4 is 4.90 Å². The van der Waals surface area contributed by atoms with Crippen LogP contribution in [0.4, 0.5) is 5.69 Å². The standard InChI is InChI=1S/C11H8ClNO4/c12-8-2-1-6(11(16)17)3-9(8)13-5-7(14)4-10(13)15/h1-3H,4-5H2,(H,16,17). The Bertz CT molecular complexity index is 526. The minimum absolute atomic E-state index is 0.0246. The number of amides is 1. The normalized spacial score (nSPS) is 15.5. The van der Waals surface area contributed by atoms with Gasteiger partial charge in [-0.05, 0) is 18.2 Å². The van der Waals surface area contributed by atoms with Crippen molar-refractivity contribution in [2.45, 2.75) is 6.42 Å². The molecule has 0 unspecified atom stereocenters. The highest BCUT2D eigenvalue weighted by Gasteiger charge is 2.30. The maximum Gasteiger partial charge on any atom is 0.335 e. The molecule has 5 nitrogen and oxygen atoms in total. The Morgan fingerprint density at radius 1 is 1.35 bits per heavy atom. The number of nitrogens with zero attached hydrogens (tertiary/aromatic N) is 1. The number of anilines is 1. The van der Waals surface area contributed by atoms with Crippen LogP contribution in [-0.2, 0) is 9.59 Å². The molecule has 2 rings (SSSR count). The Labute approximate surface area is 102 Å². The summed E-state index contributed by atoms with van der Waals surface area (Å²) < 4.78 is 0. The molecule has 0 radical (unpaired) electrons. The van der Waals surface area contributed by atoms with Crippen molar-refractivity contribution in [1.82, 2.24) is 0 Å². The zero-order valence-corrected chi connectivity index (χ0v) is 9.40. The number of aromatic carboxylic acids is 1. The number of carboxylic acids is 1. The lowest BCUT2D eigenvalue weighted by Crippen LogP contribution is -2.25. The number of carboxylic acid groups (broad SMARTS) is 1. The van der Waals surface area contributed by atoms with E-state index in [2.05, 4.69) is 0 Å². The summed E-state index contributed by atoms with van der Waals surface area (Å²) in [6, 6.07) is 4.04. The average molecular weight is 254 g/mol. The van der Waals surface area contributed by atoms with Crippen LogP contribution in [0.1, 0.15) is 16.8 Å². The maximum absolute atomic E-state index is 11.5. The quantitative estimate of drug-likeness (QED) is 0.807. The Morgan fingerprint density at radius 3 is 2.59 bits per heavy atom. The van der Waals surface area contributed by atoms with E-state index in [1.54, 1.807) is 0 Å². The molecule has 1 amide bonds. The lowest BCUT2D eigenvalue weighted by atomic mass is 10.2. The molecule has 88 valence electrons. The van der Waals surface area contributed by atoms with Crippen LogP contribution in [-0.4, -0.2) is 29.3 Å². The zero-order valence-electron chi connectivity index (χ0n) is 8.64. The number of hydrogen-bond acceptors (Lipinski definition) is 3. The fraction of sp³-hybridized carbons (Fsp3) is 0.182. The van der Waals surface area contributed by atoms with Gasteiger partial charge in [-0.25, -0.2) is 4.79 Å². The van der Waals surface area contributed by atoms with Gasteiger partial charge in [-0.3, -0.25) is 9.59 Å². The van der Waals surface area contributed by atoms with Gasteiger partial charge in [0, 0.05) is 0 Å². The Morgan fingerprint density at radius 2 is 2.06 bits per heavy atom. The van der Waals surface area contributed by atoms with Crippen molar-refractivity contribution >= 4 is 34.9 Å². The molecule has 0 aromatic heterocycles. The molecule has 1 fully saturated rings. The first-order valence-electron chi connectivity index (χ1n) is 4.84. The molecule has 1 heterocycles. The third-order valence-corrected chi connectivity index (χ3v) is 2.79. The average Bonchev–Trinajstić information content (AvgIpc) is 2.58. The topological polar surface area (TPSA) is 74.7 Å². The van der Waals surface area contributed by atoms with Gasteiger partial charge in [0.2, 0.25) is 5.91 Å². The lowest BCUT2D eigenvalue weighted by molar-refractivity contribution is -0.121. The van der Waals surface area contributed by atoms with Crippen molar-refractivity contribution in [2.24, 2.45) is 0 Å². The molecule has 6 heteroatoms. The van der Waals surface area contributed by atoms with Crippen molar-refractivity contribution < 1.29 is 19.5 Å². The minimum Gasteiger partial charge on any atom is -0.478 e. The highest BCUT2D eigenvalue weighted by Crippen LogP contribution is 2.29. The minimum atomic E-state index is -1.11. The van der Waals surface area contributed by atoms with E-state index < -0.39 is 5.97 Å². The monoisotopic (exact) mass is 253 g/mol. The van der Waals surface area contributed by atoms with E-state index in [1.807, 2.05) is 0 Å². The number of carbonyl (C=O) groups excluding carboxylic acids is 2. The molecule has 0 saturated carbocycles. The smallest absolute Gasteiger partial charge is 0.335 e. The van der Waals surface area contributed by atoms with Gasteiger partial charge in [0.05, 0.1) is 29.2 Å². The molecular formula is C11H8ClNO4. The largest absolute Gasteiger partial charge is 0.478 e. The summed E-state index contributed by atoms with van der Waals surface area (Å²) in [6.07, 6.45) is -0.159. The number of Topliss-reactive ketones (excluding diaryl/α,β-unsaturated/α-hetero) is 1. The number of ketones is 1. The van der Waals surface area contributed by atoms with E-state index in [1.165, 1.54) is 23.1 Å². The van der Waals surface area contributed by atoms with Crippen molar-refractivity contribution in [1.29, 1.82) is 0 Å². The fourth-order valence-corrected chi connectivity index (χ4v) is 1.88. The van der Waals surface area contributed by atoms with E-state index >= 15 is 0 Å². The van der Waals surface area contributed by atoms with Crippen LogP contribution >= 0.6 is 11.6 Å². The molecule has 1 saturated heterocycles. The summed E-state index contributed by atoms with van der Waals surface area (Å²) >= 11 is 5.90. The predicted molar refractivity (Wildman–Crippen MR) is 60.4 cm³/mol. The van der Waals surface area contributed by atoms with Gasteiger partial charge in [0.1, 0.15) is 0 Å². The summed E-state index contributed by atoms with van der Waals surface area (Å²) in [5.41, 5.74) is 0.291. The Hall–Kier alpha value is -1.88. The van der Waals surface area contributed by atoms with Gasteiger partial charge in [-0.1, -0.05) is 11.6 Å². The highest BCUT2D eigenvalue weighted by molar-refractivity contribution is 6.34. The molecule has 0 spiro atoms. The van der Waals surface area contributed by atoms with E-state index in [-0.39, 0.29) is 40.9 Å². The second-order valence-electron chi connectivity index (χ2n) is 3.67. The zero-order chi connectivity index (χ0) is 12.6. The van der Waals surface area contributed by atoms with Gasteiger partial charge in [-0.2, -0.15) is 0 Å². The number of rotatable bonds is 2. The molecule has 0 aliphatic carbocycles.